The summed E-state index contributed by atoms with van der Waals surface area (Å²) in [5.41, 5.74) is 9.67. The van der Waals surface area contributed by atoms with Crippen LogP contribution >= 0.6 is 11.3 Å². The van der Waals surface area contributed by atoms with Gasteiger partial charge in [0.2, 0.25) is 0 Å². The number of thiophene rings is 1. The average Bonchev–Trinajstić information content (AvgIpc) is 2.86. The highest BCUT2D eigenvalue weighted by Gasteiger charge is 2.20. The average molecular weight is 260 g/mol. The van der Waals surface area contributed by atoms with Gasteiger partial charge in [0.15, 0.2) is 0 Å². The maximum absolute atomic E-state index is 12.0. The quantitative estimate of drug-likeness (QED) is 0.900. The minimum Gasteiger partial charge on any atom is -0.324 e. The van der Waals surface area contributed by atoms with Gasteiger partial charge in [0.05, 0.1) is 6.54 Å². The summed E-state index contributed by atoms with van der Waals surface area (Å²) in [4.78, 5) is 12.0. The third kappa shape index (κ3) is 2.02. The molecule has 2 aromatic heterocycles. The van der Waals surface area contributed by atoms with Gasteiger partial charge in [0.1, 0.15) is 0 Å². The summed E-state index contributed by atoms with van der Waals surface area (Å²) in [6, 6.07) is 5.71. The third-order valence-corrected chi connectivity index (χ3v) is 4.31. The molecule has 0 aromatic carbocycles. The van der Waals surface area contributed by atoms with Crippen LogP contribution in [0, 0.1) is 0 Å². The lowest BCUT2D eigenvalue weighted by Gasteiger charge is -2.25. The molecule has 1 aliphatic carbocycles. The first-order chi connectivity index (χ1) is 8.75. The third-order valence-electron chi connectivity index (χ3n) is 3.58. The molecule has 94 valence electrons. The van der Waals surface area contributed by atoms with Crippen molar-refractivity contribution in [2.75, 3.05) is 0 Å². The SMILES string of the molecule is NC1CCCc2c1ccc(=O)n2Cc1ccsc1. The van der Waals surface area contributed by atoms with E-state index in [1.807, 2.05) is 16.0 Å². The zero-order valence-electron chi connectivity index (χ0n) is 10.1. The number of rotatable bonds is 2. The summed E-state index contributed by atoms with van der Waals surface area (Å²) in [5.74, 6) is 0. The van der Waals surface area contributed by atoms with Gasteiger partial charge in [0.25, 0.3) is 5.56 Å². The van der Waals surface area contributed by atoms with Gasteiger partial charge in [0, 0.05) is 17.8 Å². The van der Waals surface area contributed by atoms with Crippen LogP contribution in [0.15, 0.2) is 33.8 Å². The van der Waals surface area contributed by atoms with Gasteiger partial charge in [-0.3, -0.25) is 4.79 Å². The minimum atomic E-state index is 0.0778. The highest BCUT2D eigenvalue weighted by atomic mass is 32.1. The van der Waals surface area contributed by atoms with Crippen LogP contribution in [0.25, 0.3) is 0 Å². The van der Waals surface area contributed by atoms with Crippen LogP contribution in [0.4, 0.5) is 0 Å². The van der Waals surface area contributed by atoms with Gasteiger partial charge in [-0.15, -0.1) is 0 Å². The Kier molecular flexibility index (Phi) is 3.06. The fourth-order valence-corrected chi connectivity index (χ4v) is 3.30. The molecule has 0 bridgehead atoms. The molecule has 0 fully saturated rings. The van der Waals surface area contributed by atoms with Crippen molar-refractivity contribution in [2.24, 2.45) is 5.73 Å². The maximum atomic E-state index is 12.0. The lowest BCUT2D eigenvalue weighted by molar-refractivity contribution is 0.530. The molecule has 4 heteroatoms. The van der Waals surface area contributed by atoms with Crippen LogP contribution in [0.2, 0.25) is 0 Å². The van der Waals surface area contributed by atoms with Gasteiger partial charge in [-0.25, -0.2) is 0 Å². The Hall–Kier alpha value is -1.39. The summed E-state index contributed by atoms with van der Waals surface area (Å²) >= 11 is 1.66. The number of fused-ring (bicyclic) bond motifs is 1. The van der Waals surface area contributed by atoms with Crippen molar-refractivity contribution < 1.29 is 0 Å². The molecule has 0 radical (unpaired) electrons. The minimum absolute atomic E-state index is 0.0778. The van der Waals surface area contributed by atoms with Gasteiger partial charge in [-0.2, -0.15) is 11.3 Å². The monoisotopic (exact) mass is 260 g/mol. The van der Waals surface area contributed by atoms with E-state index in [0.29, 0.717) is 6.54 Å². The molecule has 0 saturated heterocycles. The summed E-state index contributed by atoms with van der Waals surface area (Å²) in [6.07, 6.45) is 3.05. The van der Waals surface area contributed by atoms with Crippen molar-refractivity contribution >= 4 is 11.3 Å². The zero-order valence-corrected chi connectivity index (χ0v) is 11.0. The van der Waals surface area contributed by atoms with Crippen molar-refractivity contribution in [1.29, 1.82) is 0 Å². The second-order valence-corrected chi connectivity index (χ2v) is 5.57. The van der Waals surface area contributed by atoms with Crippen molar-refractivity contribution in [3.63, 3.8) is 0 Å². The van der Waals surface area contributed by atoms with Crippen LogP contribution in [0.1, 0.15) is 35.7 Å². The summed E-state index contributed by atoms with van der Waals surface area (Å²) in [6.45, 7) is 0.665. The topological polar surface area (TPSA) is 48.0 Å². The number of nitrogens with zero attached hydrogens (tertiary/aromatic N) is 1. The molecule has 0 amide bonds. The van der Waals surface area contributed by atoms with E-state index in [-0.39, 0.29) is 11.6 Å². The molecule has 0 saturated carbocycles. The van der Waals surface area contributed by atoms with Gasteiger partial charge in [-0.05, 0) is 47.2 Å². The fraction of sp³-hybridized carbons (Fsp3) is 0.357. The first-order valence-electron chi connectivity index (χ1n) is 6.25. The van der Waals surface area contributed by atoms with Crippen molar-refractivity contribution in [2.45, 2.75) is 31.8 Å². The van der Waals surface area contributed by atoms with Crippen LogP contribution in [-0.4, -0.2) is 4.57 Å². The second kappa shape index (κ2) is 4.71. The smallest absolute Gasteiger partial charge is 0.251 e. The van der Waals surface area contributed by atoms with Crippen LogP contribution in [0.5, 0.6) is 0 Å². The molecular formula is C14H16N2OS. The first-order valence-corrected chi connectivity index (χ1v) is 7.19. The Bertz CT molecular complexity index is 601. The summed E-state index contributed by atoms with van der Waals surface area (Å²) in [7, 11) is 0. The summed E-state index contributed by atoms with van der Waals surface area (Å²) in [5, 5.41) is 4.14. The Morgan fingerprint density at radius 2 is 2.28 bits per heavy atom. The number of hydrogen-bond donors (Lipinski definition) is 1. The molecule has 3 rings (SSSR count). The van der Waals surface area contributed by atoms with Crippen molar-refractivity contribution in [3.8, 4) is 0 Å². The second-order valence-electron chi connectivity index (χ2n) is 4.79. The molecule has 3 nitrogen and oxygen atoms in total. The Morgan fingerprint density at radius 1 is 1.39 bits per heavy atom. The van der Waals surface area contributed by atoms with Gasteiger partial charge in [-0.1, -0.05) is 6.07 Å². The lowest BCUT2D eigenvalue weighted by atomic mass is 9.91. The predicted octanol–water partition coefficient (Wildman–Crippen LogP) is 2.29. The Morgan fingerprint density at radius 3 is 3.06 bits per heavy atom. The van der Waals surface area contributed by atoms with Crippen molar-refractivity contribution in [1.82, 2.24) is 4.57 Å². The molecule has 2 N–H and O–H groups in total. The van der Waals surface area contributed by atoms with E-state index in [1.54, 1.807) is 17.4 Å². The molecule has 0 spiro atoms. The number of nitrogens with two attached hydrogens (primary N) is 1. The molecule has 2 heterocycles. The highest BCUT2D eigenvalue weighted by Crippen LogP contribution is 2.27. The molecule has 2 aromatic rings. The van der Waals surface area contributed by atoms with E-state index in [1.165, 1.54) is 5.56 Å². The number of hydrogen-bond acceptors (Lipinski definition) is 3. The molecule has 1 unspecified atom stereocenters. The normalized spacial score (nSPS) is 18.6. The largest absolute Gasteiger partial charge is 0.324 e. The number of pyridine rings is 1. The van der Waals surface area contributed by atoms with Crippen LogP contribution < -0.4 is 11.3 Å². The molecule has 0 aliphatic heterocycles. The standard InChI is InChI=1S/C14H16N2OS/c15-12-2-1-3-13-11(12)4-5-14(17)16(13)8-10-6-7-18-9-10/h4-7,9,12H,1-3,8,15H2. The summed E-state index contributed by atoms with van der Waals surface area (Å²) < 4.78 is 1.89. The van der Waals surface area contributed by atoms with Crippen LogP contribution in [0.3, 0.4) is 0 Å². The Balaban J connectivity index is 2.07. The number of aromatic nitrogens is 1. The van der Waals surface area contributed by atoms with Crippen molar-refractivity contribution in [3.05, 3.63) is 56.1 Å². The van der Waals surface area contributed by atoms with E-state index < -0.39 is 0 Å². The van der Waals surface area contributed by atoms with E-state index in [9.17, 15) is 4.79 Å². The zero-order chi connectivity index (χ0) is 12.5. The predicted molar refractivity (Wildman–Crippen MR) is 74.0 cm³/mol. The molecule has 1 atom stereocenters. The van der Waals surface area contributed by atoms with Gasteiger partial charge < -0.3 is 10.3 Å². The van der Waals surface area contributed by atoms with Gasteiger partial charge >= 0.3 is 0 Å². The van der Waals surface area contributed by atoms with E-state index in [4.69, 9.17) is 5.73 Å². The molecule has 1 aliphatic rings. The van der Waals surface area contributed by atoms with E-state index in [0.717, 1.165) is 30.5 Å². The highest BCUT2D eigenvalue weighted by molar-refractivity contribution is 7.07. The Labute approximate surface area is 110 Å². The maximum Gasteiger partial charge on any atom is 0.251 e. The molecule has 18 heavy (non-hydrogen) atoms. The lowest BCUT2D eigenvalue weighted by Crippen LogP contribution is -2.29. The van der Waals surface area contributed by atoms with Crippen LogP contribution in [-0.2, 0) is 13.0 Å². The fourth-order valence-electron chi connectivity index (χ4n) is 2.64. The molecular weight excluding hydrogens is 244 g/mol. The van der Waals surface area contributed by atoms with E-state index in [2.05, 4.69) is 11.4 Å². The van der Waals surface area contributed by atoms with E-state index >= 15 is 0 Å². The first kappa shape index (κ1) is 11.7.